The first kappa shape index (κ1) is 22.1. The lowest BCUT2D eigenvalue weighted by Crippen LogP contribution is -2.47. The molecule has 1 N–H and O–H groups in total. The van der Waals surface area contributed by atoms with Crippen molar-refractivity contribution in [3.63, 3.8) is 0 Å². The highest BCUT2D eigenvalue weighted by Crippen LogP contribution is 2.34. The Labute approximate surface area is 202 Å². The van der Waals surface area contributed by atoms with Crippen LogP contribution in [0.5, 0.6) is 0 Å². The van der Waals surface area contributed by atoms with Crippen molar-refractivity contribution in [2.75, 3.05) is 63.9 Å². The lowest BCUT2D eigenvalue weighted by Gasteiger charge is -2.35. The number of thiophene rings is 1. The summed E-state index contributed by atoms with van der Waals surface area (Å²) in [7, 11) is 0. The first-order valence-electron chi connectivity index (χ1n) is 12.1. The monoisotopic (exact) mass is 478 g/mol. The number of ether oxygens (including phenoxy) is 1. The van der Waals surface area contributed by atoms with E-state index in [9.17, 15) is 5.11 Å². The van der Waals surface area contributed by atoms with Crippen LogP contribution in [0, 0.1) is 0 Å². The van der Waals surface area contributed by atoms with E-state index < -0.39 is 0 Å². The van der Waals surface area contributed by atoms with Crippen molar-refractivity contribution in [3.05, 3.63) is 39.7 Å². The molecule has 2 fully saturated rings. The van der Waals surface area contributed by atoms with E-state index in [-0.39, 0.29) is 6.10 Å². The van der Waals surface area contributed by atoms with Crippen LogP contribution in [-0.2, 0) is 11.3 Å². The van der Waals surface area contributed by atoms with Gasteiger partial charge in [0, 0.05) is 74.9 Å². The van der Waals surface area contributed by atoms with Gasteiger partial charge >= 0.3 is 0 Å². The maximum absolute atomic E-state index is 9.70. The molecule has 1 atom stereocenters. The minimum absolute atomic E-state index is 0.277. The molecule has 0 saturated carbocycles. The van der Waals surface area contributed by atoms with Gasteiger partial charge in [0.1, 0.15) is 0 Å². The van der Waals surface area contributed by atoms with E-state index in [1.807, 2.05) is 13.1 Å². The Hall–Kier alpha value is -2.43. The van der Waals surface area contributed by atoms with E-state index in [4.69, 9.17) is 14.7 Å². The molecule has 8 nitrogen and oxygen atoms in total. The average molecular weight is 479 g/mol. The van der Waals surface area contributed by atoms with Crippen molar-refractivity contribution in [1.29, 1.82) is 0 Å². The number of aliphatic hydroxyl groups excluding tert-OH is 1. The normalized spacial score (nSPS) is 19.9. The lowest BCUT2D eigenvalue weighted by atomic mass is 10.1. The predicted molar refractivity (Wildman–Crippen MR) is 135 cm³/mol. The zero-order chi connectivity index (χ0) is 23.1. The average Bonchev–Trinajstić information content (AvgIpc) is 3.23. The molecular formula is C25H30N6O2S. The summed E-state index contributed by atoms with van der Waals surface area (Å²) in [5.41, 5.74) is 4.48. The van der Waals surface area contributed by atoms with Crippen LogP contribution in [0.25, 0.3) is 27.7 Å². The number of hydrogen-bond acceptors (Lipinski definition) is 9. The zero-order valence-electron chi connectivity index (χ0n) is 19.5. The number of morpholine rings is 1. The number of benzene rings is 1. The number of aromatic nitrogens is 2. The fourth-order valence-electron chi connectivity index (χ4n) is 4.97. The van der Waals surface area contributed by atoms with Gasteiger partial charge in [-0.05, 0) is 18.4 Å². The van der Waals surface area contributed by atoms with Crippen molar-refractivity contribution in [1.82, 2.24) is 19.8 Å². The van der Waals surface area contributed by atoms with Crippen molar-refractivity contribution < 1.29 is 9.84 Å². The SMILES string of the molecule is CC(O)CN1CCN(Cc2csc3c(-c4cccc5c4=CN=5)nc(N4CCOCC4)nc23)CC1. The summed E-state index contributed by atoms with van der Waals surface area (Å²) in [5.74, 6) is 0.793. The van der Waals surface area contributed by atoms with Crippen LogP contribution in [0.3, 0.4) is 0 Å². The third-order valence-electron chi connectivity index (χ3n) is 6.82. The van der Waals surface area contributed by atoms with Gasteiger partial charge in [0.25, 0.3) is 0 Å². The summed E-state index contributed by atoms with van der Waals surface area (Å²) in [5, 5.41) is 14.2. The maximum atomic E-state index is 9.70. The highest BCUT2D eigenvalue weighted by Gasteiger charge is 2.23. The molecule has 1 unspecified atom stereocenters. The minimum atomic E-state index is -0.277. The van der Waals surface area contributed by atoms with Crippen LogP contribution in [0.1, 0.15) is 12.5 Å². The smallest absolute Gasteiger partial charge is 0.226 e. The van der Waals surface area contributed by atoms with E-state index >= 15 is 0 Å². The Balaban J connectivity index is 1.35. The summed E-state index contributed by atoms with van der Waals surface area (Å²) in [6.07, 6.45) is 1.66. The van der Waals surface area contributed by atoms with Crippen molar-refractivity contribution >= 4 is 33.7 Å². The molecule has 1 aromatic carbocycles. The first-order valence-corrected chi connectivity index (χ1v) is 12.9. The summed E-state index contributed by atoms with van der Waals surface area (Å²) in [4.78, 5) is 21.7. The van der Waals surface area contributed by atoms with Gasteiger partial charge in [0.2, 0.25) is 5.95 Å². The summed E-state index contributed by atoms with van der Waals surface area (Å²) in [6, 6.07) is 6.26. The second-order valence-corrected chi connectivity index (χ2v) is 10.2. The van der Waals surface area contributed by atoms with Crippen LogP contribution in [0.15, 0.2) is 28.6 Å². The summed E-state index contributed by atoms with van der Waals surface area (Å²) in [6.45, 7) is 10.5. The van der Waals surface area contributed by atoms with Gasteiger partial charge in [-0.25, -0.2) is 9.97 Å². The molecule has 5 heterocycles. The highest BCUT2D eigenvalue weighted by atomic mass is 32.1. The van der Waals surface area contributed by atoms with Gasteiger partial charge in [-0.3, -0.25) is 14.8 Å². The fraction of sp³-hybridized carbons (Fsp3) is 0.480. The van der Waals surface area contributed by atoms with E-state index in [0.29, 0.717) is 13.2 Å². The lowest BCUT2D eigenvalue weighted by molar-refractivity contribution is 0.0782. The second-order valence-electron chi connectivity index (χ2n) is 9.33. The Bertz CT molecular complexity index is 1310. The topological polar surface area (TPSA) is 77.3 Å². The van der Waals surface area contributed by atoms with Crippen molar-refractivity contribution in [2.45, 2.75) is 19.6 Å². The van der Waals surface area contributed by atoms with Gasteiger partial charge in [-0.2, -0.15) is 0 Å². The molecule has 0 radical (unpaired) electrons. The van der Waals surface area contributed by atoms with Crippen LogP contribution in [0.2, 0.25) is 0 Å². The second kappa shape index (κ2) is 9.31. The Morgan fingerprint density at radius 2 is 1.85 bits per heavy atom. The van der Waals surface area contributed by atoms with Crippen molar-refractivity contribution in [3.8, 4) is 11.3 Å². The number of hydrogen-bond donors (Lipinski definition) is 1. The molecule has 2 aromatic heterocycles. The van der Waals surface area contributed by atoms with Crippen LogP contribution in [-0.4, -0.2) is 90.0 Å². The molecule has 2 saturated heterocycles. The third kappa shape index (κ3) is 4.23. The largest absolute Gasteiger partial charge is 0.392 e. The fourth-order valence-corrected chi connectivity index (χ4v) is 5.98. The number of rotatable bonds is 6. The summed E-state index contributed by atoms with van der Waals surface area (Å²) >= 11 is 1.74. The van der Waals surface area contributed by atoms with Gasteiger partial charge in [-0.15, -0.1) is 11.3 Å². The van der Waals surface area contributed by atoms with Crippen LogP contribution < -0.4 is 15.5 Å². The minimum Gasteiger partial charge on any atom is -0.392 e. The molecule has 3 aliphatic rings. The number of piperazine rings is 1. The van der Waals surface area contributed by atoms with Gasteiger partial charge < -0.3 is 14.7 Å². The quantitative estimate of drug-likeness (QED) is 0.568. The molecule has 6 rings (SSSR count). The number of aliphatic hydroxyl groups is 1. The zero-order valence-corrected chi connectivity index (χ0v) is 20.3. The Kier molecular flexibility index (Phi) is 6.04. The third-order valence-corrected chi connectivity index (χ3v) is 7.85. The molecular weight excluding hydrogens is 448 g/mol. The molecule has 34 heavy (non-hydrogen) atoms. The van der Waals surface area contributed by atoms with E-state index in [2.05, 4.69) is 43.3 Å². The maximum Gasteiger partial charge on any atom is 0.226 e. The van der Waals surface area contributed by atoms with Gasteiger partial charge in [-0.1, -0.05) is 12.1 Å². The molecule has 0 bridgehead atoms. The van der Waals surface area contributed by atoms with E-state index in [1.54, 1.807) is 11.3 Å². The standard InChI is InChI=1S/C25H30N6O2S/c1-17(32)14-29-5-7-30(8-6-29)15-18-16-34-24-22(18)27-25(31-9-11-33-12-10-31)28-23(24)19-3-2-4-21-20(19)13-26-21/h2-4,13,16-17,32H,5-12,14-15H2,1H3. The molecule has 3 aliphatic heterocycles. The molecule has 0 spiro atoms. The van der Waals surface area contributed by atoms with E-state index in [0.717, 1.165) is 85.1 Å². The number of nitrogens with zero attached hydrogens (tertiary/aromatic N) is 6. The number of anilines is 1. The molecule has 3 aromatic rings. The molecule has 0 amide bonds. The molecule has 9 heteroatoms. The van der Waals surface area contributed by atoms with Crippen LogP contribution >= 0.6 is 11.3 Å². The van der Waals surface area contributed by atoms with Gasteiger partial charge in [0.15, 0.2) is 0 Å². The van der Waals surface area contributed by atoms with Crippen molar-refractivity contribution in [2.24, 2.45) is 4.99 Å². The number of fused-ring (bicyclic) bond motifs is 2. The van der Waals surface area contributed by atoms with E-state index in [1.165, 1.54) is 10.8 Å². The predicted octanol–water partition coefficient (Wildman–Crippen LogP) is 1.06. The van der Waals surface area contributed by atoms with Crippen LogP contribution in [0.4, 0.5) is 5.95 Å². The molecule has 178 valence electrons. The Morgan fingerprint density at radius 1 is 1.06 bits per heavy atom. The Morgan fingerprint density at radius 3 is 2.59 bits per heavy atom. The van der Waals surface area contributed by atoms with Gasteiger partial charge in [0.05, 0.1) is 40.6 Å². The summed E-state index contributed by atoms with van der Waals surface area (Å²) < 4.78 is 6.72. The highest BCUT2D eigenvalue weighted by molar-refractivity contribution is 7.17. The molecule has 0 aliphatic carbocycles. The number of β-amino-alcohol motifs (C(OH)–C–C–N with tert-alkyl or cyclic N) is 1. The first-order chi connectivity index (χ1) is 16.7.